The fourth-order valence-corrected chi connectivity index (χ4v) is 2.79. The van der Waals surface area contributed by atoms with E-state index >= 15 is 0 Å². The van der Waals surface area contributed by atoms with Crippen molar-refractivity contribution in [1.82, 2.24) is 0 Å². The van der Waals surface area contributed by atoms with Gasteiger partial charge in [0.05, 0.1) is 11.5 Å². The van der Waals surface area contributed by atoms with Gasteiger partial charge in [0.25, 0.3) is 5.69 Å². The van der Waals surface area contributed by atoms with Crippen molar-refractivity contribution in [2.45, 2.75) is 17.7 Å². The SMILES string of the molecule is CS(=O)(=O)c1cc(NCC2(CO)CC2)ccc1[N+](=O)[O-]. The van der Waals surface area contributed by atoms with Gasteiger partial charge in [0.15, 0.2) is 9.84 Å². The van der Waals surface area contributed by atoms with Crippen LogP contribution in [0.3, 0.4) is 0 Å². The van der Waals surface area contributed by atoms with Gasteiger partial charge >= 0.3 is 0 Å². The minimum atomic E-state index is -3.68. The topological polar surface area (TPSA) is 110 Å². The molecule has 0 atom stereocenters. The molecule has 0 heterocycles. The molecule has 0 bridgehead atoms. The molecular weight excluding hydrogens is 284 g/mol. The Bertz CT molecular complexity index is 637. The third-order valence-electron chi connectivity index (χ3n) is 3.52. The minimum Gasteiger partial charge on any atom is -0.396 e. The summed E-state index contributed by atoms with van der Waals surface area (Å²) in [6, 6.07) is 3.92. The second-order valence-corrected chi connectivity index (χ2v) is 7.21. The summed E-state index contributed by atoms with van der Waals surface area (Å²) >= 11 is 0. The number of rotatable bonds is 6. The summed E-state index contributed by atoms with van der Waals surface area (Å²) in [5.41, 5.74) is -0.0652. The summed E-state index contributed by atoms with van der Waals surface area (Å²) in [7, 11) is -3.68. The molecule has 0 aromatic heterocycles. The molecule has 110 valence electrons. The van der Waals surface area contributed by atoms with E-state index in [-0.39, 0.29) is 16.9 Å². The van der Waals surface area contributed by atoms with E-state index in [2.05, 4.69) is 5.32 Å². The van der Waals surface area contributed by atoms with Gasteiger partial charge in [0, 0.05) is 30.0 Å². The number of nitrogens with zero attached hydrogens (tertiary/aromatic N) is 1. The van der Waals surface area contributed by atoms with Gasteiger partial charge in [-0.05, 0) is 25.0 Å². The fourth-order valence-electron chi connectivity index (χ4n) is 1.93. The smallest absolute Gasteiger partial charge is 0.288 e. The van der Waals surface area contributed by atoms with Gasteiger partial charge < -0.3 is 10.4 Å². The number of hydrogen-bond acceptors (Lipinski definition) is 6. The highest BCUT2D eigenvalue weighted by Crippen LogP contribution is 2.45. The molecule has 2 rings (SSSR count). The predicted molar refractivity (Wildman–Crippen MR) is 73.4 cm³/mol. The molecule has 0 unspecified atom stereocenters. The van der Waals surface area contributed by atoms with E-state index in [0.29, 0.717) is 12.2 Å². The first kappa shape index (κ1) is 14.7. The Morgan fingerprint density at radius 1 is 1.45 bits per heavy atom. The molecule has 1 saturated carbocycles. The van der Waals surface area contributed by atoms with Gasteiger partial charge in [-0.2, -0.15) is 0 Å². The molecule has 1 aromatic rings. The molecule has 0 spiro atoms. The fraction of sp³-hybridized carbons (Fsp3) is 0.500. The maximum atomic E-state index is 11.6. The standard InChI is InChI=1S/C12H16N2O5S/c1-20(18,19)11-6-9(2-3-10(11)14(16)17)13-7-12(8-15)4-5-12/h2-3,6,13,15H,4-5,7-8H2,1H3. The first-order chi connectivity index (χ1) is 9.27. The van der Waals surface area contributed by atoms with Crippen LogP contribution in [0.4, 0.5) is 11.4 Å². The minimum absolute atomic E-state index is 0.0753. The molecule has 1 aliphatic rings. The maximum absolute atomic E-state index is 11.6. The van der Waals surface area contributed by atoms with Crippen LogP contribution < -0.4 is 5.32 Å². The summed E-state index contributed by atoms with van der Waals surface area (Å²) in [6.07, 6.45) is 2.78. The van der Waals surface area contributed by atoms with Gasteiger partial charge in [0.1, 0.15) is 4.90 Å². The monoisotopic (exact) mass is 300 g/mol. The molecule has 7 nitrogen and oxygen atoms in total. The van der Waals surface area contributed by atoms with Crippen molar-refractivity contribution < 1.29 is 18.4 Å². The molecule has 0 radical (unpaired) electrons. The molecule has 1 aromatic carbocycles. The van der Waals surface area contributed by atoms with Crippen molar-refractivity contribution in [3.8, 4) is 0 Å². The van der Waals surface area contributed by atoms with Crippen molar-refractivity contribution in [3.63, 3.8) is 0 Å². The van der Waals surface area contributed by atoms with E-state index < -0.39 is 20.4 Å². The number of nitrogens with one attached hydrogen (secondary N) is 1. The zero-order chi connectivity index (χ0) is 15.0. The second-order valence-electron chi connectivity index (χ2n) is 5.22. The van der Waals surface area contributed by atoms with E-state index in [1.165, 1.54) is 18.2 Å². The van der Waals surface area contributed by atoms with Crippen molar-refractivity contribution in [2.75, 3.05) is 24.7 Å². The summed E-state index contributed by atoms with van der Waals surface area (Å²) in [4.78, 5) is 9.82. The Labute approximate surface area is 116 Å². The molecule has 1 fully saturated rings. The van der Waals surface area contributed by atoms with Crippen LogP contribution >= 0.6 is 0 Å². The first-order valence-corrected chi connectivity index (χ1v) is 8.00. The van der Waals surface area contributed by atoms with E-state index in [9.17, 15) is 23.6 Å². The molecule has 0 amide bonds. The molecule has 0 aliphatic heterocycles. The number of sulfone groups is 1. The maximum Gasteiger partial charge on any atom is 0.288 e. The second kappa shape index (κ2) is 5.02. The Morgan fingerprint density at radius 3 is 2.55 bits per heavy atom. The number of benzene rings is 1. The lowest BCUT2D eigenvalue weighted by atomic mass is 10.1. The van der Waals surface area contributed by atoms with Crippen LogP contribution in [0.2, 0.25) is 0 Å². The van der Waals surface area contributed by atoms with Crippen molar-refractivity contribution in [2.24, 2.45) is 5.41 Å². The molecule has 2 N–H and O–H groups in total. The van der Waals surface area contributed by atoms with Crippen molar-refractivity contribution in [3.05, 3.63) is 28.3 Å². The van der Waals surface area contributed by atoms with Crippen LogP contribution in [-0.2, 0) is 9.84 Å². The van der Waals surface area contributed by atoms with Gasteiger partial charge in [-0.3, -0.25) is 10.1 Å². The van der Waals surface area contributed by atoms with Gasteiger partial charge in [-0.1, -0.05) is 0 Å². The third-order valence-corrected chi connectivity index (χ3v) is 4.64. The zero-order valence-electron chi connectivity index (χ0n) is 11.0. The predicted octanol–water partition coefficient (Wildman–Crippen LogP) is 1.18. The van der Waals surface area contributed by atoms with Crippen LogP contribution in [0.1, 0.15) is 12.8 Å². The van der Waals surface area contributed by atoms with E-state index in [4.69, 9.17) is 0 Å². The van der Waals surface area contributed by atoms with E-state index in [0.717, 1.165) is 19.1 Å². The van der Waals surface area contributed by atoms with Crippen molar-refractivity contribution >= 4 is 21.2 Å². The van der Waals surface area contributed by atoms with Crippen LogP contribution in [0.25, 0.3) is 0 Å². The van der Waals surface area contributed by atoms with Gasteiger partial charge in [-0.15, -0.1) is 0 Å². The highest BCUT2D eigenvalue weighted by molar-refractivity contribution is 7.90. The van der Waals surface area contributed by atoms with Crippen LogP contribution in [-0.4, -0.2) is 37.9 Å². The molecule has 0 saturated heterocycles. The molecular formula is C12H16N2O5S. The Kier molecular flexibility index (Phi) is 3.70. The summed E-state index contributed by atoms with van der Waals surface area (Å²) < 4.78 is 23.2. The average molecular weight is 300 g/mol. The van der Waals surface area contributed by atoms with E-state index in [1.807, 2.05) is 0 Å². The van der Waals surface area contributed by atoms with Crippen molar-refractivity contribution in [1.29, 1.82) is 0 Å². The van der Waals surface area contributed by atoms with Gasteiger partial charge in [-0.25, -0.2) is 8.42 Å². The Morgan fingerprint density at radius 2 is 2.10 bits per heavy atom. The molecule has 8 heteroatoms. The quantitative estimate of drug-likeness (QED) is 0.603. The normalized spacial score (nSPS) is 16.7. The lowest BCUT2D eigenvalue weighted by Gasteiger charge is -2.14. The zero-order valence-corrected chi connectivity index (χ0v) is 11.8. The lowest BCUT2D eigenvalue weighted by molar-refractivity contribution is -0.387. The Hall–Kier alpha value is -1.67. The third kappa shape index (κ3) is 3.07. The molecule has 1 aliphatic carbocycles. The highest BCUT2D eigenvalue weighted by atomic mass is 32.2. The van der Waals surface area contributed by atoms with Crippen LogP contribution in [0.15, 0.2) is 23.1 Å². The first-order valence-electron chi connectivity index (χ1n) is 6.11. The summed E-state index contributed by atoms with van der Waals surface area (Å²) in [6.45, 7) is 0.594. The van der Waals surface area contributed by atoms with Crippen LogP contribution in [0.5, 0.6) is 0 Å². The number of aliphatic hydroxyl groups excluding tert-OH is 1. The van der Waals surface area contributed by atoms with Crippen LogP contribution in [0, 0.1) is 15.5 Å². The highest BCUT2D eigenvalue weighted by Gasteiger charge is 2.41. The number of anilines is 1. The summed E-state index contributed by atoms with van der Waals surface area (Å²) in [5.74, 6) is 0. The number of nitro groups is 1. The number of nitro benzene ring substituents is 1. The summed E-state index contributed by atoms with van der Waals surface area (Å²) in [5, 5.41) is 23.1. The average Bonchev–Trinajstić information content (AvgIpc) is 3.15. The van der Waals surface area contributed by atoms with Gasteiger partial charge in [0.2, 0.25) is 0 Å². The van der Waals surface area contributed by atoms with E-state index in [1.54, 1.807) is 0 Å². The molecule has 20 heavy (non-hydrogen) atoms. The lowest BCUT2D eigenvalue weighted by Crippen LogP contribution is -2.19. The Balaban J connectivity index is 2.26. The largest absolute Gasteiger partial charge is 0.396 e. The number of aliphatic hydroxyl groups is 1. The number of hydrogen-bond donors (Lipinski definition) is 2.